The average Bonchev–Trinajstić information content (AvgIpc) is 3.12. The van der Waals surface area contributed by atoms with Crippen LogP contribution in [0.15, 0.2) is 48.7 Å². The number of ketones is 1. The molecule has 2 amide bonds. The number of carbonyl (C=O) groups excluding carboxylic acids is 2. The van der Waals surface area contributed by atoms with Gasteiger partial charge in [-0.3, -0.25) is 14.7 Å². The van der Waals surface area contributed by atoms with E-state index in [1.165, 1.54) is 31.0 Å². The van der Waals surface area contributed by atoms with E-state index in [1.54, 1.807) is 17.0 Å². The number of rotatable bonds is 8. The molecule has 1 aromatic heterocycles. The van der Waals surface area contributed by atoms with Crippen LogP contribution < -0.4 is 0 Å². The van der Waals surface area contributed by atoms with Crippen LogP contribution in [0.3, 0.4) is 0 Å². The van der Waals surface area contributed by atoms with Crippen molar-refractivity contribution >= 4 is 11.8 Å². The zero-order chi connectivity index (χ0) is 26.0. The van der Waals surface area contributed by atoms with E-state index in [4.69, 9.17) is 5.26 Å². The maximum absolute atomic E-state index is 13.7. The topological polar surface area (TPSA) is 80.5 Å². The fourth-order valence-corrected chi connectivity index (χ4v) is 6.58. The first-order valence-electron chi connectivity index (χ1n) is 13.5. The Balaban J connectivity index is 1.33. The largest absolute Gasteiger partial charge is 0.321 e. The SMILES string of the molecule is CN(C)C1(c2ccccc2)CCC2(CC1)CN(CC(=O)Cc1ccc(C#N)cn1)C(=O)N2CC1CCC1. The van der Waals surface area contributed by atoms with Gasteiger partial charge in [0, 0.05) is 30.5 Å². The van der Waals surface area contributed by atoms with E-state index >= 15 is 0 Å². The van der Waals surface area contributed by atoms with Crippen LogP contribution in [0, 0.1) is 17.2 Å². The van der Waals surface area contributed by atoms with Gasteiger partial charge < -0.3 is 9.80 Å². The predicted molar refractivity (Wildman–Crippen MR) is 142 cm³/mol. The highest BCUT2D eigenvalue weighted by atomic mass is 16.2. The summed E-state index contributed by atoms with van der Waals surface area (Å²) in [5.74, 6) is 0.558. The lowest BCUT2D eigenvalue weighted by Crippen LogP contribution is -2.56. The number of aromatic nitrogens is 1. The van der Waals surface area contributed by atoms with Gasteiger partial charge in [-0.1, -0.05) is 36.8 Å². The van der Waals surface area contributed by atoms with Gasteiger partial charge in [0.2, 0.25) is 0 Å². The van der Waals surface area contributed by atoms with Crippen molar-refractivity contribution in [2.24, 2.45) is 5.92 Å². The number of nitriles is 1. The van der Waals surface area contributed by atoms with Crippen molar-refractivity contribution in [3.05, 3.63) is 65.5 Å². The molecule has 0 bridgehead atoms. The molecule has 2 saturated carbocycles. The minimum absolute atomic E-state index is 0.0186. The van der Waals surface area contributed by atoms with Gasteiger partial charge in [-0.05, 0) is 76.2 Å². The average molecular weight is 500 g/mol. The fraction of sp³-hybridized carbons (Fsp3) is 0.533. The van der Waals surface area contributed by atoms with Crippen molar-refractivity contribution in [1.29, 1.82) is 5.26 Å². The van der Waals surface area contributed by atoms with E-state index in [-0.39, 0.29) is 35.9 Å². The summed E-state index contributed by atoms with van der Waals surface area (Å²) >= 11 is 0. The van der Waals surface area contributed by atoms with E-state index in [1.807, 2.05) is 6.07 Å². The lowest BCUT2D eigenvalue weighted by molar-refractivity contribution is -0.119. The molecule has 0 unspecified atom stereocenters. The van der Waals surface area contributed by atoms with Crippen LogP contribution in [0.1, 0.15) is 61.8 Å². The fourth-order valence-electron chi connectivity index (χ4n) is 6.58. The number of nitrogens with zero attached hydrogens (tertiary/aromatic N) is 5. The van der Waals surface area contributed by atoms with Crippen molar-refractivity contribution in [2.75, 3.05) is 33.7 Å². The third-order valence-electron chi connectivity index (χ3n) is 9.10. The number of benzene rings is 1. The number of carbonyl (C=O) groups is 2. The summed E-state index contributed by atoms with van der Waals surface area (Å²) in [5, 5.41) is 8.98. The molecule has 2 aromatic rings. The molecular formula is C30H37N5O2. The van der Waals surface area contributed by atoms with Gasteiger partial charge in [0.25, 0.3) is 0 Å². The van der Waals surface area contributed by atoms with E-state index in [0.29, 0.717) is 23.7 Å². The Bertz CT molecular complexity index is 1160. The first kappa shape index (κ1) is 25.4. The maximum Gasteiger partial charge on any atom is 0.321 e. The standard InChI is InChI=1S/C30H37N5O2/c1-33(2)30(25-9-4-3-5-10-25)15-13-29(14-16-30)22-34(28(37)35(29)20-23-7-6-8-23)21-27(36)17-26-12-11-24(18-31)19-32-26/h3-5,9-12,19,23H,6-8,13-17,20-22H2,1-2H3. The van der Waals surface area contributed by atoms with Crippen molar-refractivity contribution in [1.82, 2.24) is 19.7 Å². The highest BCUT2D eigenvalue weighted by Crippen LogP contribution is 2.49. The second-order valence-corrected chi connectivity index (χ2v) is 11.4. The zero-order valence-corrected chi connectivity index (χ0v) is 22.0. The Labute approximate surface area is 220 Å². The molecule has 0 radical (unpaired) electrons. The third kappa shape index (κ3) is 4.87. The molecule has 3 fully saturated rings. The monoisotopic (exact) mass is 499 g/mol. The van der Waals surface area contributed by atoms with Gasteiger partial charge in [-0.15, -0.1) is 0 Å². The number of pyridine rings is 1. The molecule has 5 rings (SSSR count). The van der Waals surface area contributed by atoms with Crippen molar-refractivity contribution in [3.63, 3.8) is 0 Å². The number of urea groups is 1. The minimum atomic E-state index is -0.214. The van der Waals surface area contributed by atoms with Crippen LogP contribution in [0.5, 0.6) is 0 Å². The Morgan fingerprint density at radius 3 is 2.41 bits per heavy atom. The summed E-state index contributed by atoms with van der Waals surface area (Å²) in [6.07, 6.45) is 9.11. The quantitative estimate of drug-likeness (QED) is 0.539. The summed E-state index contributed by atoms with van der Waals surface area (Å²) in [5.41, 5.74) is 2.19. The molecule has 194 valence electrons. The lowest BCUT2D eigenvalue weighted by Gasteiger charge is -2.51. The van der Waals surface area contributed by atoms with Crippen LogP contribution in [0.25, 0.3) is 0 Å². The van der Waals surface area contributed by atoms with Crippen LogP contribution in [0.4, 0.5) is 4.79 Å². The summed E-state index contributed by atoms with van der Waals surface area (Å²) in [6, 6.07) is 16.2. The van der Waals surface area contributed by atoms with Gasteiger partial charge in [-0.25, -0.2) is 4.79 Å². The number of hydrogen-bond donors (Lipinski definition) is 0. The zero-order valence-electron chi connectivity index (χ0n) is 22.0. The van der Waals surface area contributed by atoms with Gasteiger partial charge in [-0.2, -0.15) is 5.26 Å². The van der Waals surface area contributed by atoms with Gasteiger partial charge >= 0.3 is 6.03 Å². The van der Waals surface area contributed by atoms with Gasteiger partial charge in [0.15, 0.2) is 5.78 Å². The van der Waals surface area contributed by atoms with Crippen molar-refractivity contribution < 1.29 is 9.59 Å². The first-order chi connectivity index (χ1) is 17.8. The molecule has 0 N–H and O–H groups in total. The second-order valence-electron chi connectivity index (χ2n) is 11.4. The number of hydrogen-bond acceptors (Lipinski definition) is 5. The highest BCUT2D eigenvalue weighted by Gasteiger charge is 2.55. The predicted octanol–water partition coefficient (Wildman–Crippen LogP) is 4.37. The highest BCUT2D eigenvalue weighted by molar-refractivity contribution is 5.88. The van der Waals surface area contributed by atoms with Crippen LogP contribution in [0.2, 0.25) is 0 Å². The normalized spacial score (nSPS) is 25.9. The molecule has 1 spiro atoms. The van der Waals surface area contributed by atoms with E-state index in [0.717, 1.165) is 32.2 Å². The van der Waals surface area contributed by atoms with Crippen LogP contribution in [-0.2, 0) is 16.8 Å². The maximum atomic E-state index is 13.7. The molecular weight excluding hydrogens is 462 g/mol. The Hall–Kier alpha value is -3.24. The molecule has 7 heteroatoms. The number of amides is 2. The third-order valence-corrected chi connectivity index (χ3v) is 9.10. The van der Waals surface area contributed by atoms with Gasteiger partial charge in [0.1, 0.15) is 6.07 Å². The molecule has 7 nitrogen and oxygen atoms in total. The summed E-state index contributed by atoms with van der Waals surface area (Å²) < 4.78 is 0. The van der Waals surface area contributed by atoms with E-state index in [2.05, 4.69) is 59.2 Å². The molecule has 2 heterocycles. The molecule has 1 saturated heterocycles. The van der Waals surface area contributed by atoms with Gasteiger partial charge in [0.05, 0.1) is 24.1 Å². The second kappa shape index (κ2) is 10.3. The lowest BCUT2D eigenvalue weighted by atomic mass is 9.68. The molecule has 0 atom stereocenters. The van der Waals surface area contributed by atoms with Crippen molar-refractivity contribution in [2.45, 2.75) is 62.4 Å². The van der Waals surface area contributed by atoms with E-state index < -0.39 is 0 Å². The number of Topliss-reactive ketones (excluding diaryl/α,β-unsaturated/α-hetero) is 1. The molecule has 1 aliphatic heterocycles. The van der Waals surface area contributed by atoms with Crippen LogP contribution in [-0.4, -0.2) is 70.8 Å². The molecule has 1 aromatic carbocycles. The first-order valence-corrected chi connectivity index (χ1v) is 13.5. The smallest absolute Gasteiger partial charge is 0.317 e. The summed E-state index contributed by atoms with van der Waals surface area (Å²) in [7, 11) is 4.33. The molecule has 3 aliphatic rings. The Kier molecular flexibility index (Phi) is 7.04. The van der Waals surface area contributed by atoms with Crippen molar-refractivity contribution in [3.8, 4) is 6.07 Å². The minimum Gasteiger partial charge on any atom is -0.317 e. The summed E-state index contributed by atoms with van der Waals surface area (Å²) in [6.45, 7) is 1.53. The Morgan fingerprint density at radius 1 is 1.11 bits per heavy atom. The summed E-state index contributed by atoms with van der Waals surface area (Å²) in [4.78, 5) is 37.2. The van der Waals surface area contributed by atoms with Crippen LogP contribution >= 0.6 is 0 Å². The molecule has 2 aliphatic carbocycles. The Morgan fingerprint density at radius 2 is 1.84 bits per heavy atom. The molecule has 37 heavy (non-hydrogen) atoms. The van der Waals surface area contributed by atoms with E-state index in [9.17, 15) is 9.59 Å².